The van der Waals surface area contributed by atoms with Crippen LogP contribution in [0, 0.1) is 6.92 Å². The Morgan fingerprint density at radius 1 is 0.946 bits per heavy atom. The molecule has 3 aromatic carbocycles. The van der Waals surface area contributed by atoms with Crippen LogP contribution in [0.2, 0.25) is 10.0 Å². The van der Waals surface area contributed by atoms with Gasteiger partial charge in [0.25, 0.3) is 0 Å². The van der Waals surface area contributed by atoms with Crippen molar-refractivity contribution in [1.82, 2.24) is 10.2 Å². The summed E-state index contributed by atoms with van der Waals surface area (Å²) in [5.74, 6) is 0.479. The smallest absolute Gasteiger partial charge is 0.243 e. The maximum Gasteiger partial charge on any atom is 0.243 e. The van der Waals surface area contributed by atoms with Crippen LogP contribution in [-0.4, -0.2) is 35.9 Å². The van der Waals surface area contributed by atoms with Gasteiger partial charge in [-0.1, -0.05) is 84.2 Å². The van der Waals surface area contributed by atoms with Crippen LogP contribution < -0.4 is 10.1 Å². The van der Waals surface area contributed by atoms with Crippen molar-refractivity contribution in [2.45, 2.75) is 52.1 Å². The molecule has 196 valence electrons. The molecule has 0 spiro atoms. The normalized spacial score (nSPS) is 11.6. The lowest BCUT2D eigenvalue weighted by Gasteiger charge is -2.31. The van der Waals surface area contributed by atoms with Gasteiger partial charge in [0, 0.05) is 25.9 Å². The summed E-state index contributed by atoms with van der Waals surface area (Å²) in [5, 5.41) is 3.84. The molecule has 37 heavy (non-hydrogen) atoms. The third-order valence-corrected chi connectivity index (χ3v) is 6.72. The fourth-order valence-corrected chi connectivity index (χ4v) is 4.27. The van der Waals surface area contributed by atoms with E-state index in [1.807, 2.05) is 74.5 Å². The molecule has 0 aliphatic carbocycles. The zero-order chi connectivity index (χ0) is 26.6. The number of benzene rings is 3. The zero-order valence-electron chi connectivity index (χ0n) is 21.4. The van der Waals surface area contributed by atoms with Gasteiger partial charge in [0.2, 0.25) is 11.8 Å². The van der Waals surface area contributed by atoms with E-state index in [1.54, 1.807) is 17.0 Å². The van der Waals surface area contributed by atoms with Gasteiger partial charge >= 0.3 is 0 Å². The molecule has 0 saturated heterocycles. The van der Waals surface area contributed by atoms with Gasteiger partial charge in [0.05, 0.1) is 16.7 Å². The fraction of sp³-hybridized carbons (Fsp3) is 0.333. The van der Waals surface area contributed by atoms with E-state index in [0.29, 0.717) is 36.0 Å². The highest BCUT2D eigenvalue weighted by Gasteiger charge is 2.30. The summed E-state index contributed by atoms with van der Waals surface area (Å²) >= 11 is 12.4. The summed E-state index contributed by atoms with van der Waals surface area (Å²) in [6.07, 6.45) is 1.99. The molecule has 0 heterocycles. The van der Waals surface area contributed by atoms with E-state index in [1.165, 1.54) is 0 Å². The van der Waals surface area contributed by atoms with Gasteiger partial charge < -0.3 is 15.0 Å². The quantitative estimate of drug-likeness (QED) is 0.247. The molecular formula is C30H34Cl2N2O3. The highest BCUT2D eigenvalue weighted by atomic mass is 35.5. The second-order valence-electron chi connectivity index (χ2n) is 9.03. The van der Waals surface area contributed by atoms with E-state index in [0.717, 1.165) is 28.9 Å². The first-order valence-corrected chi connectivity index (χ1v) is 13.4. The fourth-order valence-electron chi connectivity index (χ4n) is 3.95. The maximum absolute atomic E-state index is 13.6. The first-order chi connectivity index (χ1) is 17.9. The van der Waals surface area contributed by atoms with Crippen molar-refractivity contribution in [3.63, 3.8) is 0 Å². The third-order valence-electron chi connectivity index (χ3n) is 5.98. The number of hydrogen-bond acceptors (Lipinski definition) is 3. The number of carbonyl (C=O) groups excluding carboxylic acids is 2. The van der Waals surface area contributed by atoms with Crippen molar-refractivity contribution >= 4 is 35.0 Å². The van der Waals surface area contributed by atoms with E-state index in [-0.39, 0.29) is 24.8 Å². The molecule has 2 amide bonds. The van der Waals surface area contributed by atoms with Gasteiger partial charge in [0.15, 0.2) is 0 Å². The van der Waals surface area contributed by atoms with Crippen LogP contribution in [0.4, 0.5) is 0 Å². The maximum atomic E-state index is 13.6. The lowest BCUT2D eigenvalue weighted by atomic mass is 10.0. The lowest BCUT2D eigenvalue weighted by molar-refractivity contribution is -0.141. The topological polar surface area (TPSA) is 58.6 Å². The van der Waals surface area contributed by atoms with E-state index < -0.39 is 6.04 Å². The Labute approximate surface area is 229 Å². The number of rotatable bonds is 13. The molecule has 0 aliphatic rings. The van der Waals surface area contributed by atoms with Crippen LogP contribution >= 0.6 is 23.2 Å². The molecular weight excluding hydrogens is 507 g/mol. The van der Waals surface area contributed by atoms with Crippen molar-refractivity contribution in [2.75, 3.05) is 13.2 Å². The standard InChI is InChI=1S/C30H34Cl2N2O3/c1-3-17-33-30(36)28(20-23-8-5-4-6-9-23)34(21-24-13-16-26(31)27(32)19-24)29(35)10-7-18-37-25-14-11-22(2)12-15-25/h4-6,8-9,11-16,19,28H,3,7,10,17-18,20-21H2,1-2H3,(H,33,36). The molecule has 0 radical (unpaired) electrons. The Morgan fingerprint density at radius 2 is 1.68 bits per heavy atom. The van der Waals surface area contributed by atoms with Crippen LogP contribution in [0.15, 0.2) is 72.8 Å². The predicted octanol–water partition coefficient (Wildman–Crippen LogP) is 6.63. The average Bonchev–Trinajstić information content (AvgIpc) is 2.90. The SMILES string of the molecule is CCCNC(=O)C(Cc1ccccc1)N(Cc1ccc(Cl)c(Cl)c1)C(=O)CCCOc1ccc(C)cc1. The van der Waals surface area contributed by atoms with Crippen molar-refractivity contribution in [3.8, 4) is 5.75 Å². The Balaban J connectivity index is 1.79. The summed E-state index contributed by atoms with van der Waals surface area (Å²) in [5.41, 5.74) is 2.94. The number of aryl methyl sites for hydroxylation is 1. The third kappa shape index (κ3) is 9.10. The van der Waals surface area contributed by atoms with Crippen LogP contribution in [0.3, 0.4) is 0 Å². The summed E-state index contributed by atoms with van der Waals surface area (Å²) in [6, 6.07) is 22.2. The van der Waals surface area contributed by atoms with E-state index in [4.69, 9.17) is 27.9 Å². The molecule has 7 heteroatoms. The number of nitrogens with one attached hydrogen (secondary N) is 1. The number of carbonyl (C=O) groups is 2. The number of ether oxygens (including phenoxy) is 1. The second-order valence-corrected chi connectivity index (χ2v) is 9.85. The van der Waals surface area contributed by atoms with Crippen LogP contribution in [-0.2, 0) is 22.6 Å². The molecule has 0 aliphatic heterocycles. The monoisotopic (exact) mass is 540 g/mol. The summed E-state index contributed by atoms with van der Waals surface area (Å²) in [7, 11) is 0. The lowest BCUT2D eigenvalue weighted by Crippen LogP contribution is -2.50. The molecule has 0 bridgehead atoms. The second kappa shape index (κ2) is 14.7. The van der Waals surface area contributed by atoms with E-state index in [9.17, 15) is 9.59 Å². The first-order valence-electron chi connectivity index (χ1n) is 12.6. The van der Waals surface area contributed by atoms with Crippen molar-refractivity contribution < 1.29 is 14.3 Å². The van der Waals surface area contributed by atoms with Crippen molar-refractivity contribution in [2.24, 2.45) is 0 Å². The largest absolute Gasteiger partial charge is 0.494 e. The first kappa shape index (κ1) is 28.5. The van der Waals surface area contributed by atoms with Crippen molar-refractivity contribution in [3.05, 3.63) is 99.5 Å². The summed E-state index contributed by atoms with van der Waals surface area (Å²) < 4.78 is 5.81. The predicted molar refractivity (Wildman–Crippen MR) is 150 cm³/mol. The Bertz CT molecular complexity index is 1150. The molecule has 1 N–H and O–H groups in total. The van der Waals surface area contributed by atoms with Crippen LogP contribution in [0.5, 0.6) is 5.75 Å². The molecule has 3 rings (SSSR count). The van der Waals surface area contributed by atoms with E-state index >= 15 is 0 Å². The van der Waals surface area contributed by atoms with Gasteiger partial charge in [-0.25, -0.2) is 0 Å². The highest BCUT2D eigenvalue weighted by molar-refractivity contribution is 6.42. The Hall–Kier alpha value is -3.02. The van der Waals surface area contributed by atoms with Gasteiger partial charge in [0.1, 0.15) is 11.8 Å². The van der Waals surface area contributed by atoms with E-state index in [2.05, 4.69) is 5.32 Å². The van der Waals surface area contributed by atoms with Crippen molar-refractivity contribution in [1.29, 1.82) is 0 Å². The number of amides is 2. The number of nitrogens with zero attached hydrogens (tertiary/aromatic N) is 1. The van der Waals surface area contributed by atoms with Gasteiger partial charge in [-0.05, 0) is 55.2 Å². The molecule has 0 aromatic heterocycles. The molecule has 5 nitrogen and oxygen atoms in total. The molecule has 1 unspecified atom stereocenters. The van der Waals surface area contributed by atoms with Crippen LogP contribution in [0.1, 0.15) is 42.9 Å². The number of halogens is 2. The highest BCUT2D eigenvalue weighted by Crippen LogP contribution is 2.25. The average molecular weight is 542 g/mol. The van der Waals surface area contributed by atoms with Gasteiger partial charge in [-0.2, -0.15) is 0 Å². The van der Waals surface area contributed by atoms with Crippen LogP contribution in [0.25, 0.3) is 0 Å². The molecule has 1 atom stereocenters. The Kier molecular flexibility index (Phi) is 11.3. The molecule has 0 fully saturated rings. The van der Waals surface area contributed by atoms with Gasteiger partial charge in [-0.3, -0.25) is 9.59 Å². The zero-order valence-corrected chi connectivity index (χ0v) is 22.9. The molecule has 0 saturated carbocycles. The minimum Gasteiger partial charge on any atom is -0.494 e. The molecule has 3 aromatic rings. The number of hydrogen-bond donors (Lipinski definition) is 1. The minimum absolute atomic E-state index is 0.119. The summed E-state index contributed by atoms with van der Waals surface area (Å²) in [4.78, 5) is 28.6. The summed E-state index contributed by atoms with van der Waals surface area (Å²) in [6.45, 7) is 5.21. The Morgan fingerprint density at radius 3 is 2.35 bits per heavy atom. The minimum atomic E-state index is -0.672. The van der Waals surface area contributed by atoms with Gasteiger partial charge in [-0.15, -0.1) is 0 Å².